The lowest BCUT2D eigenvalue weighted by molar-refractivity contribution is -0.120. The zero-order chi connectivity index (χ0) is 13.0. The Kier molecular flexibility index (Phi) is 4.78. The standard InChI is InChI=1S/C14H19BrN2O/c1-11(18)16-13-6-4-8-17(10-13)9-12-5-2-3-7-14(12)15/h2-3,5,7,13H,4,6,8-10H2,1H3,(H,16,18). The van der Waals surface area contributed by atoms with E-state index in [9.17, 15) is 4.79 Å². The summed E-state index contributed by atoms with van der Waals surface area (Å²) in [5.74, 6) is 0.0720. The fourth-order valence-corrected chi connectivity index (χ4v) is 2.88. The smallest absolute Gasteiger partial charge is 0.217 e. The van der Waals surface area contributed by atoms with Crippen LogP contribution in [0.4, 0.5) is 0 Å². The van der Waals surface area contributed by atoms with Gasteiger partial charge in [0.1, 0.15) is 0 Å². The van der Waals surface area contributed by atoms with Crippen molar-refractivity contribution >= 4 is 21.8 Å². The maximum Gasteiger partial charge on any atom is 0.217 e. The minimum atomic E-state index is 0.0720. The third-order valence-corrected chi connectivity index (χ3v) is 4.04. The second-order valence-corrected chi connectivity index (χ2v) is 5.72. The molecule has 4 heteroatoms. The second-order valence-electron chi connectivity index (χ2n) is 4.87. The van der Waals surface area contributed by atoms with Gasteiger partial charge in [-0.3, -0.25) is 9.69 Å². The number of halogens is 1. The van der Waals surface area contributed by atoms with Gasteiger partial charge in [0, 0.05) is 30.5 Å². The van der Waals surface area contributed by atoms with E-state index >= 15 is 0 Å². The van der Waals surface area contributed by atoms with Crippen molar-refractivity contribution in [3.05, 3.63) is 34.3 Å². The fraction of sp³-hybridized carbons (Fsp3) is 0.500. The molecule has 18 heavy (non-hydrogen) atoms. The molecule has 1 saturated heterocycles. The molecule has 1 fully saturated rings. The van der Waals surface area contributed by atoms with Gasteiger partial charge in [-0.1, -0.05) is 34.1 Å². The molecular weight excluding hydrogens is 292 g/mol. The molecule has 1 aromatic rings. The Morgan fingerprint density at radius 3 is 3.00 bits per heavy atom. The fourth-order valence-electron chi connectivity index (χ4n) is 2.47. The first-order valence-corrected chi connectivity index (χ1v) is 7.17. The maximum absolute atomic E-state index is 11.1. The molecule has 2 rings (SSSR count). The maximum atomic E-state index is 11.1. The topological polar surface area (TPSA) is 32.3 Å². The predicted molar refractivity (Wildman–Crippen MR) is 76.3 cm³/mol. The van der Waals surface area contributed by atoms with Crippen molar-refractivity contribution in [2.45, 2.75) is 32.4 Å². The van der Waals surface area contributed by atoms with Gasteiger partial charge in [0.2, 0.25) is 5.91 Å². The molecule has 0 spiro atoms. The second kappa shape index (κ2) is 6.34. The summed E-state index contributed by atoms with van der Waals surface area (Å²) in [4.78, 5) is 13.5. The third kappa shape index (κ3) is 3.82. The van der Waals surface area contributed by atoms with Gasteiger partial charge in [-0.25, -0.2) is 0 Å². The molecule has 0 aliphatic carbocycles. The van der Waals surface area contributed by atoms with Gasteiger partial charge in [0.15, 0.2) is 0 Å². The summed E-state index contributed by atoms with van der Waals surface area (Å²) in [6.45, 7) is 4.59. The Balaban J connectivity index is 1.93. The quantitative estimate of drug-likeness (QED) is 0.930. The van der Waals surface area contributed by atoms with Crippen molar-refractivity contribution in [3.8, 4) is 0 Å². The first-order valence-electron chi connectivity index (χ1n) is 6.38. The highest BCUT2D eigenvalue weighted by Crippen LogP contribution is 2.20. The van der Waals surface area contributed by atoms with Gasteiger partial charge < -0.3 is 5.32 Å². The van der Waals surface area contributed by atoms with Gasteiger partial charge in [-0.2, -0.15) is 0 Å². The van der Waals surface area contributed by atoms with E-state index in [1.165, 1.54) is 5.56 Å². The summed E-state index contributed by atoms with van der Waals surface area (Å²) in [5, 5.41) is 3.02. The van der Waals surface area contributed by atoms with E-state index in [4.69, 9.17) is 0 Å². The highest BCUT2D eigenvalue weighted by molar-refractivity contribution is 9.10. The Labute approximate surface area is 117 Å². The van der Waals surface area contributed by atoms with E-state index < -0.39 is 0 Å². The Morgan fingerprint density at radius 2 is 2.28 bits per heavy atom. The van der Waals surface area contributed by atoms with Crippen LogP contribution in [0.3, 0.4) is 0 Å². The molecule has 0 radical (unpaired) electrons. The van der Waals surface area contributed by atoms with Crippen LogP contribution < -0.4 is 5.32 Å². The third-order valence-electron chi connectivity index (χ3n) is 3.26. The van der Waals surface area contributed by atoms with Gasteiger partial charge in [0.05, 0.1) is 0 Å². The molecular formula is C14H19BrN2O. The predicted octanol–water partition coefficient (Wildman–Crippen LogP) is 2.55. The molecule has 1 atom stereocenters. The molecule has 3 nitrogen and oxygen atoms in total. The lowest BCUT2D eigenvalue weighted by Crippen LogP contribution is -2.46. The molecule has 0 aromatic heterocycles. The van der Waals surface area contributed by atoms with Crippen LogP contribution >= 0.6 is 15.9 Å². The number of benzene rings is 1. The summed E-state index contributed by atoms with van der Waals surface area (Å²) in [5.41, 5.74) is 1.31. The Morgan fingerprint density at radius 1 is 1.50 bits per heavy atom. The van der Waals surface area contributed by atoms with E-state index in [0.717, 1.165) is 36.9 Å². The van der Waals surface area contributed by atoms with Crippen molar-refractivity contribution in [2.75, 3.05) is 13.1 Å². The molecule has 1 heterocycles. The molecule has 1 unspecified atom stereocenters. The molecule has 0 bridgehead atoms. The first kappa shape index (κ1) is 13.6. The number of carbonyl (C=O) groups excluding carboxylic acids is 1. The molecule has 1 aliphatic rings. The summed E-state index contributed by atoms with van der Waals surface area (Å²) in [6, 6.07) is 8.62. The zero-order valence-corrected chi connectivity index (χ0v) is 12.2. The van der Waals surface area contributed by atoms with Crippen molar-refractivity contribution in [2.24, 2.45) is 0 Å². The Hall–Kier alpha value is -0.870. The van der Waals surface area contributed by atoms with Gasteiger partial charge in [-0.15, -0.1) is 0 Å². The number of hydrogen-bond acceptors (Lipinski definition) is 2. The van der Waals surface area contributed by atoms with Crippen molar-refractivity contribution < 1.29 is 4.79 Å². The largest absolute Gasteiger partial charge is 0.352 e. The summed E-state index contributed by atoms with van der Waals surface area (Å²) in [6.07, 6.45) is 2.24. The molecule has 0 saturated carbocycles. The van der Waals surface area contributed by atoms with E-state index in [0.29, 0.717) is 6.04 Å². The number of amides is 1. The van der Waals surface area contributed by atoms with E-state index in [1.807, 2.05) is 6.07 Å². The average Bonchev–Trinajstić information content (AvgIpc) is 2.32. The monoisotopic (exact) mass is 310 g/mol. The van der Waals surface area contributed by atoms with Crippen LogP contribution in [0, 0.1) is 0 Å². The molecule has 1 amide bonds. The zero-order valence-electron chi connectivity index (χ0n) is 10.7. The van der Waals surface area contributed by atoms with Gasteiger partial charge in [0.25, 0.3) is 0 Å². The molecule has 1 aliphatic heterocycles. The number of likely N-dealkylation sites (tertiary alicyclic amines) is 1. The lowest BCUT2D eigenvalue weighted by Gasteiger charge is -2.33. The van der Waals surface area contributed by atoms with Crippen molar-refractivity contribution in [3.63, 3.8) is 0 Å². The average molecular weight is 311 g/mol. The van der Waals surface area contributed by atoms with E-state index in [2.05, 4.69) is 44.3 Å². The van der Waals surface area contributed by atoms with E-state index in [1.54, 1.807) is 6.92 Å². The van der Waals surface area contributed by atoms with Crippen LogP contribution in [-0.4, -0.2) is 29.9 Å². The van der Waals surface area contributed by atoms with Crippen LogP contribution in [0.25, 0.3) is 0 Å². The highest BCUT2D eigenvalue weighted by Gasteiger charge is 2.20. The lowest BCUT2D eigenvalue weighted by atomic mass is 10.0. The van der Waals surface area contributed by atoms with E-state index in [-0.39, 0.29) is 5.91 Å². The molecule has 1 aromatic carbocycles. The number of carbonyl (C=O) groups is 1. The number of nitrogens with one attached hydrogen (secondary N) is 1. The van der Waals surface area contributed by atoms with Crippen LogP contribution in [-0.2, 0) is 11.3 Å². The van der Waals surface area contributed by atoms with Crippen LogP contribution in [0.5, 0.6) is 0 Å². The van der Waals surface area contributed by atoms with Crippen LogP contribution in [0.2, 0.25) is 0 Å². The number of piperidine rings is 1. The minimum Gasteiger partial charge on any atom is -0.352 e. The minimum absolute atomic E-state index is 0.0720. The number of hydrogen-bond donors (Lipinski definition) is 1. The summed E-state index contributed by atoms with van der Waals surface area (Å²) >= 11 is 3.58. The van der Waals surface area contributed by atoms with Gasteiger partial charge >= 0.3 is 0 Å². The summed E-state index contributed by atoms with van der Waals surface area (Å²) in [7, 11) is 0. The van der Waals surface area contributed by atoms with Gasteiger partial charge in [-0.05, 0) is 31.0 Å². The summed E-state index contributed by atoms with van der Waals surface area (Å²) < 4.78 is 1.16. The molecule has 1 N–H and O–H groups in total. The Bertz CT molecular complexity index is 422. The number of nitrogens with zero attached hydrogens (tertiary/aromatic N) is 1. The van der Waals surface area contributed by atoms with Crippen LogP contribution in [0.15, 0.2) is 28.7 Å². The van der Waals surface area contributed by atoms with Crippen LogP contribution in [0.1, 0.15) is 25.3 Å². The molecule has 98 valence electrons. The SMILES string of the molecule is CC(=O)NC1CCCN(Cc2ccccc2Br)C1. The normalized spacial score (nSPS) is 20.7. The first-order chi connectivity index (χ1) is 8.65. The highest BCUT2D eigenvalue weighted by atomic mass is 79.9. The number of rotatable bonds is 3. The van der Waals surface area contributed by atoms with Crippen molar-refractivity contribution in [1.82, 2.24) is 10.2 Å². The van der Waals surface area contributed by atoms with Crippen molar-refractivity contribution in [1.29, 1.82) is 0 Å².